The number of aromatic amines is 1. The van der Waals surface area contributed by atoms with E-state index >= 15 is 0 Å². The highest BCUT2D eigenvalue weighted by molar-refractivity contribution is 9.10. The molecule has 0 atom stereocenters. The highest BCUT2D eigenvalue weighted by atomic mass is 79.9. The molecule has 0 bridgehead atoms. The fourth-order valence-corrected chi connectivity index (χ4v) is 3.33. The van der Waals surface area contributed by atoms with Crippen molar-refractivity contribution < 1.29 is 4.92 Å². The topological polar surface area (TPSA) is 93.8 Å². The number of nitro groups is 1. The third kappa shape index (κ3) is 3.03. The number of benzene rings is 1. The molecule has 7 nitrogen and oxygen atoms in total. The molecule has 0 radical (unpaired) electrons. The number of H-pyrrole nitrogens is 1. The summed E-state index contributed by atoms with van der Waals surface area (Å²) in [5.41, 5.74) is 0.657. The highest BCUT2D eigenvalue weighted by Gasteiger charge is 2.28. The SMILES string of the molecule is O=c1[nH]nc(SCc2ccc(Br)c([N+](=O)[O-])c2)n1C1CC1. The molecule has 110 valence electrons. The van der Waals surface area contributed by atoms with Crippen LogP contribution in [0.15, 0.2) is 32.6 Å². The molecule has 0 aliphatic heterocycles. The van der Waals surface area contributed by atoms with Gasteiger partial charge in [-0.2, -0.15) is 0 Å². The summed E-state index contributed by atoms with van der Waals surface area (Å²) in [5, 5.41) is 18.0. The smallest absolute Gasteiger partial charge is 0.267 e. The lowest BCUT2D eigenvalue weighted by molar-refractivity contribution is -0.385. The Morgan fingerprint density at radius 1 is 1.52 bits per heavy atom. The Kier molecular flexibility index (Phi) is 3.85. The van der Waals surface area contributed by atoms with Crippen molar-refractivity contribution in [2.45, 2.75) is 29.8 Å². The summed E-state index contributed by atoms with van der Waals surface area (Å²) in [7, 11) is 0. The van der Waals surface area contributed by atoms with E-state index in [1.807, 2.05) is 6.07 Å². The van der Waals surface area contributed by atoms with Gasteiger partial charge >= 0.3 is 5.69 Å². The number of nitrogens with zero attached hydrogens (tertiary/aromatic N) is 3. The standard InChI is InChI=1S/C12H11BrN4O3S/c13-9-4-1-7(5-10(9)17(19)20)6-21-12-15-14-11(18)16(12)8-2-3-8/h1,4-5,8H,2-3,6H2,(H,14,18). The lowest BCUT2D eigenvalue weighted by Gasteiger charge is -2.04. The minimum atomic E-state index is -0.424. The van der Waals surface area contributed by atoms with Crippen molar-refractivity contribution >= 4 is 33.4 Å². The van der Waals surface area contributed by atoms with Gasteiger partial charge in [0.05, 0.1) is 9.40 Å². The van der Waals surface area contributed by atoms with Crippen molar-refractivity contribution in [3.8, 4) is 0 Å². The van der Waals surface area contributed by atoms with E-state index in [0.717, 1.165) is 18.4 Å². The van der Waals surface area contributed by atoms with E-state index in [0.29, 0.717) is 15.4 Å². The van der Waals surface area contributed by atoms with Crippen LogP contribution in [-0.2, 0) is 5.75 Å². The Balaban J connectivity index is 1.78. The zero-order valence-corrected chi connectivity index (χ0v) is 13.2. The van der Waals surface area contributed by atoms with E-state index in [4.69, 9.17) is 0 Å². The van der Waals surface area contributed by atoms with Crippen LogP contribution in [-0.4, -0.2) is 19.7 Å². The average molecular weight is 371 g/mol. The minimum Gasteiger partial charge on any atom is -0.267 e. The average Bonchev–Trinajstić information content (AvgIpc) is 3.21. The van der Waals surface area contributed by atoms with Crippen LogP contribution in [0.4, 0.5) is 5.69 Å². The van der Waals surface area contributed by atoms with Crippen LogP contribution in [0.25, 0.3) is 0 Å². The van der Waals surface area contributed by atoms with Crippen LogP contribution >= 0.6 is 27.7 Å². The number of thioether (sulfide) groups is 1. The first-order valence-electron chi connectivity index (χ1n) is 6.29. The number of rotatable bonds is 5. The molecule has 1 aromatic carbocycles. The van der Waals surface area contributed by atoms with Crippen LogP contribution in [0.5, 0.6) is 0 Å². The Hall–Kier alpha value is -1.61. The molecular weight excluding hydrogens is 360 g/mol. The van der Waals surface area contributed by atoms with E-state index in [9.17, 15) is 14.9 Å². The van der Waals surface area contributed by atoms with E-state index in [-0.39, 0.29) is 17.4 Å². The molecule has 0 amide bonds. The van der Waals surface area contributed by atoms with Gasteiger partial charge in [-0.3, -0.25) is 14.7 Å². The van der Waals surface area contributed by atoms with E-state index < -0.39 is 4.92 Å². The van der Waals surface area contributed by atoms with Crippen LogP contribution in [0.2, 0.25) is 0 Å². The summed E-state index contributed by atoms with van der Waals surface area (Å²) >= 11 is 4.56. The first-order chi connectivity index (χ1) is 10.1. The molecule has 2 aromatic rings. The van der Waals surface area contributed by atoms with Crippen LogP contribution < -0.4 is 5.69 Å². The van der Waals surface area contributed by atoms with Gasteiger partial charge in [0.2, 0.25) is 0 Å². The molecule has 1 N–H and O–H groups in total. The van der Waals surface area contributed by atoms with Crippen molar-refractivity contribution in [2.75, 3.05) is 0 Å². The maximum atomic E-state index is 11.7. The van der Waals surface area contributed by atoms with Crippen LogP contribution in [0.1, 0.15) is 24.4 Å². The quantitative estimate of drug-likeness (QED) is 0.496. The molecule has 0 unspecified atom stereocenters. The minimum absolute atomic E-state index is 0.0368. The molecule has 21 heavy (non-hydrogen) atoms. The number of aromatic nitrogens is 3. The Bertz CT molecular complexity index is 753. The predicted octanol–water partition coefficient (Wildman–Crippen LogP) is 2.87. The van der Waals surface area contributed by atoms with E-state index in [1.165, 1.54) is 17.8 Å². The summed E-state index contributed by atoms with van der Waals surface area (Å²) in [4.78, 5) is 22.1. The third-order valence-electron chi connectivity index (χ3n) is 3.16. The molecule has 1 aliphatic rings. The van der Waals surface area contributed by atoms with Crippen LogP contribution in [0, 0.1) is 10.1 Å². The Morgan fingerprint density at radius 2 is 2.29 bits per heavy atom. The second kappa shape index (κ2) is 5.64. The van der Waals surface area contributed by atoms with Crippen molar-refractivity contribution in [3.63, 3.8) is 0 Å². The maximum Gasteiger partial charge on any atom is 0.344 e. The molecule has 1 aliphatic carbocycles. The summed E-state index contributed by atoms with van der Waals surface area (Å²) in [6, 6.07) is 5.25. The van der Waals surface area contributed by atoms with Gasteiger partial charge < -0.3 is 0 Å². The first kappa shape index (κ1) is 14.3. The molecule has 1 saturated carbocycles. The van der Waals surface area contributed by atoms with Gasteiger partial charge in [-0.15, -0.1) is 5.10 Å². The molecule has 3 rings (SSSR count). The maximum absolute atomic E-state index is 11.7. The second-order valence-electron chi connectivity index (χ2n) is 4.74. The number of nitro benzene ring substituents is 1. The van der Waals surface area contributed by atoms with Gasteiger partial charge in [0, 0.05) is 17.9 Å². The third-order valence-corrected chi connectivity index (χ3v) is 4.85. The fraction of sp³-hybridized carbons (Fsp3) is 0.333. The first-order valence-corrected chi connectivity index (χ1v) is 8.06. The molecule has 1 fully saturated rings. The van der Waals surface area contributed by atoms with Crippen molar-refractivity contribution in [1.29, 1.82) is 0 Å². The van der Waals surface area contributed by atoms with E-state index in [1.54, 1.807) is 10.6 Å². The van der Waals surface area contributed by atoms with Crippen molar-refractivity contribution in [3.05, 3.63) is 48.8 Å². The molecule has 9 heteroatoms. The number of halogens is 1. The lowest BCUT2D eigenvalue weighted by Crippen LogP contribution is -2.16. The van der Waals surface area contributed by atoms with Gasteiger partial charge in [0.15, 0.2) is 5.16 Å². The van der Waals surface area contributed by atoms with Gasteiger partial charge in [-0.05, 0) is 40.4 Å². The van der Waals surface area contributed by atoms with Crippen molar-refractivity contribution in [2.24, 2.45) is 0 Å². The fourth-order valence-electron chi connectivity index (χ4n) is 1.98. The van der Waals surface area contributed by atoms with Gasteiger partial charge in [-0.25, -0.2) is 9.89 Å². The summed E-state index contributed by atoms with van der Waals surface area (Å²) in [5.74, 6) is 0.519. The normalized spacial score (nSPS) is 14.3. The largest absolute Gasteiger partial charge is 0.344 e. The zero-order valence-electron chi connectivity index (χ0n) is 10.8. The van der Waals surface area contributed by atoms with Gasteiger partial charge in [0.25, 0.3) is 5.69 Å². The number of hydrogen-bond donors (Lipinski definition) is 1. The lowest BCUT2D eigenvalue weighted by atomic mass is 10.2. The van der Waals surface area contributed by atoms with Crippen LogP contribution in [0.3, 0.4) is 0 Å². The second-order valence-corrected chi connectivity index (χ2v) is 6.54. The summed E-state index contributed by atoms with van der Waals surface area (Å²) < 4.78 is 2.12. The van der Waals surface area contributed by atoms with Gasteiger partial charge in [-0.1, -0.05) is 17.8 Å². The monoisotopic (exact) mass is 370 g/mol. The zero-order chi connectivity index (χ0) is 15.0. The molecule has 0 saturated heterocycles. The van der Waals surface area contributed by atoms with Crippen molar-refractivity contribution in [1.82, 2.24) is 14.8 Å². The van der Waals surface area contributed by atoms with Gasteiger partial charge in [0.1, 0.15) is 0 Å². The summed E-state index contributed by atoms with van der Waals surface area (Å²) in [6.07, 6.45) is 1.99. The molecule has 0 spiro atoms. The molecule has 1 heterocycles. The summed E-state index contributed by atoms with van der Waals surface area (Å²) in [6.45, 7) is 0. The number of nitrogens with one attached hydrogen (secondary N) is 1. The van der Waals surface area contributed by atoms with E-state index in [2.05, 4.69) is 26.1 Å². The predicted molar refractivity (Wildman–Crippen MR) is 81.5 cm³/mol. The highest BCUT2D eigenvalue weighted by Crippen LogP contribution is 2.37. The molecule has 1 aromatic heterocycles. The Morgan fingerprint density at radius 3 is 2.95 bits per heavy atom. The number of hydrogen-bond acceptors (Lipinski definition) is 5. The Labute approximate surface area is 132 Å². The molecular formula is C12H11BrN4O3S.